The minimum atomic E-state index is -0.0577. The molecule has 1 aromatic heterocycles. The number of methoxy groups -OCH3 is 2. The number of hydrogen-bond acceptors (Lipinski definition) is 6. The lowest BCUT2D eigenvalue weighted by atomic mass is 10.2. The molecular weight excluding hydrogens is 450 g/mol. The maximum Gasteiger partial charge on any atom is 0.229 e. The summed E-state index contributed by atoms with van der Waals surface area (Å²) in [5, 5.41) is 7.06. The number of ether oxygens (including phenoxy) is 3. The molecule has 9 heteroatoms. The topological polar surface area (TPSA) is 81.7 Å². The van der Waals surface area contributed by atoms with Gasteiger partial charge in [0.15, 0.2) is 16.6 Å². The van der Waals surface area contributed by atoms with Gasteiger partial charge >= 0.3 is 0 Å². The van der Waals surface area contributed by atoms with Gasteiger partial charge in [-0.15, -0.1) is 0 Å². The number of benzene rings is 2. The van der Waals surface area contributed by atoms with Gasteiger partial charge in [0, 0.05) is 29.3 Å². The number of thiocarbonyl (C=S) groups is 1. The molecule has 1 heterocycles. The Morgan fingerprint density at radius 1 is 1.09 bits per heavy atom. The van der Waals surface area contributed by atoms with Crippen LogP contribution in [-0.2, 0) is 4.79 Å². The molecule has 2 atom stereocenters. The molecule has 2 aromatic carbocycles. The van der Waals surface area contributed by atoms with Gasteiger partial charge in [0.2, 0.25) is 5.91 Å². The van der Waals surface area contributed by atoms with Crippen molar-refractivity contribution in [3.8, 4) is 23.0 Å². The van der Waals surface area contributed by atoms with E-state index in [2.05, 4.69) is 15.6 Å². The molecule has 1 fully saturated rings. The van der Waals surface area contributed by atoms with E-state index in [0.717, 1.165) is 11.8 Å². The number of fused-ring (bicyclic) bond motifs is 1. The summed E-state index contributed by atoms with van der Waals surface area (Å²) in [6.45, 7) is 2.04. The Labute approximate surface area is 196 Å². The number of aromatic nitrogens is 1. The van der Waals surface area contributed by atoms with Crippen LogP contribution < -0.4 is 24.8 Å². The Morgan fingerprint density at radius 3 is 2.47 bits per heavy atom. The third kappa shape index (κ3) is 4.71. The number of pyridine rings is 1. The summed E-state index contributed by atoms with van der Waals surface area (Å²) in [4.78, 5) is 16.4. The number of nitrogens with one attached hydrogen (secondary N) is 2. The summed E-state index contributed by atoms with van der Waals surface area (Å²) in [7, 11) is 3.14. The summed E-state index contributed by atoms with van der Waals surface area (Å²) < 4.78 is 16.8. The van der Waals surface area contributed by atoms with Crippen LogP contribution in [0.4, 0.5) is 5.69 Å². The molecule has 0 radical (unpaired) electrons. The molecule has 4 rings (SSSR count). The molecule has 2 unspecified atom stereocenters. The fourth-order valence-corrected chi connectivity index (χ4v) is 3.81. The van der Waals surface area contributed by atoms with Crippen molar-refractivity contribution in [3.63, 3.8) is 0 Å². The van der Waals surface area contributed by atoms with Crippen molar-refractivity contribution in [1.82, 2.24) is 10.3 Å². The molecule has 2 N–H and O–H groups in total. The van der Waals surface area contributed by atoms with E-state index in [1.54, 1.807) is 50.7 Å². The highest BCUT2D eigenvalue weighted by atomic mass is 35.5. The standard InChI is InChI=1S/C23H22ClN3O4S/c1-12-8-14(12)22(28)27-23(32)26-13-4-5-19(16(24)9-13)31-18-6-7-25-17-11-21(30-3)20(29-2)10-15(17)18/h4-7,9-12,14H,8H2,1-3H3,(H2,26,27,28,32). The van der Waals surface area contributed by atoms with Gasteiger partial charge in [-0.3, -0.25) is 9.78 Å². The molecule has 1 amide bonds. The van der Waals surface area contributed by atoms with Crippen molar-refractivity contribution in [1.29, 1.82) is 0 Å². The molecule has 166 valence electrons. The summed E-state index contributed by atoms with van der Waals surface area (Å²) in [6.07, 6.45) is 2.55. The lowest BCUT2D eigenvalue weighted by molar-refractivity contribution is -0.121. The Balaban J connectivity index is 1.51. The van der Waals surface area contributed by atoms with Crippen LogP contribution in [0.5, 0.6) is 23.0 Å². The van der Waals surface area contributed by atoms with Gasteiger partial charge in [-0.25, -0.2) is 0 Å². The number of amides is 1. The molecule has 7 nitrogen and oxygen atoms in total. The SMILES string of the molecule is COc1cc2nccc(Oc3ccc(NC(=S)NC(=O)C4CC4C)cc3Cl)c2cc1OC. The average molecular weight is 472 g/mol. The van der Waals surface area contributed by atoms with Crippen LogP contribution >= 0.6 is 23.8 Å². The molecule has 0 saturated heterocycles. The summed E-state index contributed by atoms with van der Waals surface area (Å²) in [5.74, 6) is 2.58. The van der Waals surface area contributed by atoms with Crippen molar-refractivity contribution < 1.29 is 19.0 Å². The van der Waals surface area contributed by atoms with Crippen LogP contribution in [0.1, 0.15) is 13.3 Å². The van der Waals surface area contributed by atoms with E-state index in [1.165, 1.54) is 0 Å². The van der Waals surface area contributed by atoms with Gasteiger partial charge in [-0.1, -0.05) is 18.5 Å². The van der Waals surface area contributed by atoms with E-state index in [-0.39, 0.29) is 16.9 Å². The van der Waals surface area contributed by atoms with Gasteiger partial charge in [-0.05, 0) is 54.9 Å². The predicted octanol–water partition coefficient (Wildman–Crippen LogP) is 5.17. The Hall–Kier alpha value is -3.10. The van der Waals surface area contributed by atoms with Crippen molar-refractivity contribution in [2.75, 3.05) is 19.5 Å². The lowest BCUT2D eigenvalue weighted by Crippen LogP contribution is -2.35. The predicted molar refractivity (Wildman–Crippen MR) is 128 cm³/mol. The average Bonchev–Trinajstić information content (AvgIpc) is 3.51. The number of hydrogen-bond donors (Lipinski definition) is 2. The van der Waals surface area contributed by atoms with Gasteiger partial charge < -0.3 is 24.8 Å². The first-order chi connectivity index (χ1) is 15.4. The van der Waals surface area contributed by atoms with E-state index in [1.807, 2.05) is 13.0 Å². The molecule has 1 aliphatic carbocycles. The van der Waals surface area contributed by atoms with E-state index in [9.17, 15) is 4.79 Å². The van der Waals surface area contributed by atoms with Crippen LogP contribution in [0.15, 0.2) is 42.6 Å². The van der Waals surface area contributed by atoms with E-state index in [0.29, 0.717) is 45.1 Å². The van der Waals surface area contributed by atoms with E-state index < -0.39 is 0 Å². The molecule has 32 heavy (non-hydrogen) atoms. The Morgan fingerprint density at radius 2 is 1.81 bits per heavy atom. The number of nitrogens with zero attached hydrogens (tertiary/aromatic N) is 1. The third-order valence-corrected chi connectivity index (χ3v) is 5.80. The Bertz CT molecular complexity index is 1200. The van der Waals surface area contributed by atoms with Crippen LogP contribution in [-0.4, -0.2) is 30.2 Å². The quantitative estimate of drug-likeness (QED) is 0.480. The van der Waals surface area contributed by atoms with E-state index in [4.69, 9.17) is 38.0 Å². The number of carbonyl (C=O) groups excluding carboxylic acids is 1. The number of carbonyl (C=O) groups is 1. The van der Waals surface area contributed by atoms with Crippen LogP contribution in [0.3, 0.4) is 0 Å². The first kappa shape index (κ1) is 22.1. The summed E-state index contributed by atoms with van der Waals surface area (Å²) in [5.41, 5.74) is 1.34. The molecular formula is C23H22ClN3O4S. The highest BCUT2D eigenvalue weighted by Crippen LogP contribution is 2.39. The van der Waals surface area contributed by atoms with Crippen molar-refractivity contribution in [3.05, 3.63) is 47.6 Å². The van der Waals surface area contributed by atoms with Gasteiger partial charge in [0.05, 0.1) is 24.8 Å². The van der Waals surface area contributed by atoms with Crippen LogP contribution in [0.2, 0.25) is 5.02 Å². The van der Waals surface area contributed by atoms with Gasteiger partial charge in [0.25, 0.3) is 0 Å². The van der Waals surface area contributed by atoms with Crippen molar-refractivity contribution in [2.24, 2.45) is 11.8 Å². The molecule has 0 aliphatic heterocycles. The normalized spacial score (nSPS) is 16.9. The highest BCUT2D eigenvalue weighted by Gasteiger charge is 2.39. The van der Waals surface area contributed by atoms with Gasteiger partial charge in [-0.2, -0.15) is 0 Å². The molecule has 3 aromatic rings. The summed E-state index contributed by atoms with van der Waals surface area (Å²) >= 11 is 11.7. The fraction of sp³-hybridized carbons (Fsp3) is 0.261. The highest BCUT2D eigenvalue weighted by molar-refractivity contribution is 7.80. The monoisotopic (exact) mass is 471 g/mol. The smallest absolute Gasteiger partial charge is 0.229 e. The fourth-order valence-electron chi connectivity index (χ4n) is 3.37. The maximum atomic E-state index is 12.0. The zero-order valence-corrected chi connectivity index (χ0v) is 19.3. The first-order valence-corrected chi connectivity index (χ1v) is 10.8. The molecule has 0 bridgehead atoms. The molecule has 1 aliphatic rings. The van der Waals surface area contributed by atoms with Crippen molar-refractivity contribution >= 4 is 51.4 Å². The maximum absolute atomic E-state index is 12.0. The second kappa shape index (κ2) is 9.18. The first-order valence-electron chi connectivity index (χ1n) is 9.99. The second-order valence-corrected chi connectivity index (χ2v) is 8.36. The second-order valence-electron chi connectivity index (χ2n) is 7.54. The third-order valence-electron chi connectivity index (χ3n) is 5.30. The zero-order chi connectivity index (χ0) is 22.8. The van der Waals surface area contributed by atoms with Crippen molar-refractivity contribution in [2.45, 2.75) is 13.3 Å². The van der Waals surface area contributed by atoms with Crippen LogP contribution in [0, 0.1) is 11.8 Å². The number of anilines is 1. The number of halogens is 1. The molecule has 0 spiro atoms. The lowest BCUT2D eigenvalue weighted by Gasteiger charge is -2.14. The minimum Gasteiger partial charge on any atom is -0.493 e. The zero-order valence-electron chi connectivity index (χ0n) is 17.8. The summed E-state index contributed by atoms with van der Waals surface area (Å²) in [6, 6.07) is 10.5. The largest absolute Gasteiger partial charge is 0.493 e. The molecule has 1 saturated carbocycles. The Kier molecular flexibility index (Phi) is 6.34. The van der Waals surface area contributed by atoms with Crippen LogP contribution in [0.25, 0.3) is 10.9 Å². The van der Waals surface area contributed by atoms with Gasteiger partial charge in [0.1, 0.15) is 11.5 Å². The van der Waals surface area contributed by atoms with E-state index >= 15 is 0 Å². The minimum absolute atomic E-state index is 0.0443. The number of rotatable bonds is 6.